The zero-order valence-electron chi connectivity index (χ0n) is 10.7. The third-order valence-corrected chi connectivity index (χ3v) is 4.08. The molecule has 0 bridgehead atoms. The lowest BCUT2D eigenvalue weighted by Crippen LogP contribution is -2.40. The van der Waals surface area contributed by atoms with Crippen LogP contribution in [-0.2, 0) is 9.53 Å². The van der Waals surface area contributed by atoms with Crippen molar-refractivity contribution in [3.63, 3.8) is 0 Å². The molecular weight excluding hydrogens is 216 g/mol. The minimum absolute atomic E-state index is 0.107. The largest absolute Gasteiger partial charge is 0.374 e. The molecule has 0 aromatic heterocycles. The van der Waals surface area contributed by atoms with Gasteiger partial charge in [0.1, 0.15) is 0 Å². The lowest BCUT2D eigenvalue weighted by Gasteiger charge is -2.28. The number of nitrogens with one attached hydrogen (secondary N) is 1. The summed E-state index contributed by atoms with van der Waals surface area (Å²) in [6.45, 7) is 3.09. The van der Waals surface area contributed by atoms with E-state index in [1.54, 1.807) is 0 Å². The van der Waals surface area contributed by atoms with Gasteiger partial charge in [-0.3, -0.25) is 4.79 Å². The summed E-state index contributed by atoms with van der Waals surface area (Å²) in [5.74, 6) is -0.0211. The van der Waals surface area contributed by atoms with Gasteiger partial charge in [0.05, 0.1) is 12.2 Å². The van der Waals surface area contributed by atoms with E-state index in [2.05, 4.69) is 12.2 Å². The van der Waals surface area contributed by atoms with E-state index in [1.165, 1.54) is 12.8 Å². The van der Waals surface area contributed by atoms with Gasteiger partial charge in [0.15, 0.2) is 0 Å². The fourth-order valence-corrected chi connectivity index (χ4v) is 2.92. The average molecular weight is 240 g/mol. The normalized spacial score (nSPS) is 38.2. The van der Waals surface area contributed by atoms with Crippen LogP contribution in [0.1, 0.15) is 45.4 Å². The van der Waals surface area contributed by atoms with E-state index in [-0.39, 0.29) is 11.8 Å². The molecule has 1 saturated heterocycles. The van der Waals surface area contributed by atoms with E-state index in [0.29, 0.717) is 18.2 Å². The predicted octanol–water partition coefficient (Wildman–Crippen LogP) is 1.19. The summed E-state index contributed by atoms with van der Waals surface area (Å²) in [6.07, 6.45) is 7.17. The first-order valence-corrected chi connectivity index (χ1v) is 6.83. The highest BCUT2D eigenvalue weighted by molar-refractivity contribution is 5.76. The summed E-state index contributed by atoms with van der Waals surface area (Å²) in [5.41, 5.74) is 5.32. The Labute approximate surface area is 103 Å². The fraction of sp³-hybridized carbons (Fsp3) is 0.923. The Morgan fingerprint density at radius 2 is 1.94 bits per heavy atom. The summed E-state index contributed by atoms with van der Waals surface area (Å²) in [5, 5.41) is 3.57. The molecule has 2 aliphatic rings. The van der Waals surface area contributed by atoms with Crippen molar-refractivity contribution >= 4 is 5.91 Å². The van der Waals surface area contributed by atoms with Crippen LogP contribution in [0.25, 0.3) is 0 Å². The van der Waals surface area contributed by atoms with Gasteiger partial charge in [-0.2, -0.15) is 0 Å². The van der Waals surface area contributed by atoms with Crippen molar-refractivity contribution < 1.29 is 9.53 Å². The number of carbonyl (C=O) groups excluding carboxylic acids is 1. The summed E-state index contributed by atoms with van der Waals surface area (Å²) in [4.78, 5) is 11.0. The molecule has 3 N–H and O–H groups in total. The van der Waals surface area contributed by atoms with Crippen molar-refractivity contribution in [1.82, 2.24) is 5.32 Å². The molecule has 2 unspecified atom stereocenters. The minimum atomic E-state index is -0.128. The van der Waals surface area contributed by atoms with Crippen molar-refractivity contribution in [2.24, 2.45) is 11.7 Å². The Morgan fingerprint density at radius 1 is 1.24 bits per heavy atom. The second kappa shape index (κ2) is 5.83. The average Bonchev–Trinajstić information content (AvgIpc) is 2.73. The third kappa shape index (κ3) is 3.68. The van der Waals surface area contributed by atoms with Gasteiger partial charge in [-0.1, -0.05) is 0 Å². The molecule has 4 heteroatoms. The molecule has 0 spiro atoms. The molecule has 2 fully saturated rings. The number of ether oxygens (including phenoxy) is 1. The van der Waals surface area contributed by atoms with Gasteiger partial charge in [-0.15, -0.1) is 0 Å². The third-order valence-electron chi connectivity index (χ3n) is 4.08. The second-order valence-electron chi connectivity index (χ2n) is 5.51. The first kappa shape index (κ1) is 12.8. The Morgan fingerprint density at radius 3 is 2.47 bits per heavy atom. The summed E-state index contributed by atoms with van der Waals surface area (Å²) < 4.78 is 5.78. The molecule has 2 atom stereocenters. The van der Waals surface area contributed by atoms with Gasteiger partial charge in [-0.05, 0) is 45.4 Å². The molecule has 1 aliphatic heterocycles. The van der Waals surface area contributed by atoms with Gasteiger partial charge in [-0.25, -0.2) is 0 Å². The van der Waals surface area contributed by atoms with Crippen molar-refractivity contribution in [3.05, 3.63) is 0 Å². The van der Waals surface area contributed by atoms with E-state index >= 15 is 0 Å². The highest BCUT2D eigenvalue weighted by atomic mass is 16.5. The quantitative estimate of drug-likeness (QED) is 0.775. The fourth-order valence-electron chi connectivity index (χ4n) is 2.92. The highest BCUT2D eigenvalue weighted by Gasteiger charge is 2.26. The van der Waals surface area contributed by atoms with Crippen LogP contribution in [-0.4, -0.2) is 30.7 Å². The number of hydrogen-bond acceptors (Lipinski definition) is 3. The van der Waals surface area contributed by atoms with Crippen LogP contribution in [0.5, 0.6) is 0 Å². The second-order valence-corrected chi connectivity index (χ2v) is 5.51. The van der Waals surface area contributed by atoms with Crippen molar-refractivity contribution in [1.29, 1.82) is 0 Å². The van der Waals surface area contributed by atoms with Gasteiger partial charge in [0.2, 0.25) is 5.91 Å². The number of carbonyl (C=O) groups is 1. The van der Waals surface area contributed by atoms with Crippen LogP contribution in [0.15, 0.2) is 0 Å². The first-order chi connectivity index (χ1) is 8.15. The maximum absolute atomic E-state index is 11.0. The zero-order valence-corrected chi connectivity index (χ0v) is 10.7. The van der Waals surface area contributed by atoms with Gasteiger partial charge < -0.3 is 15.8 Å². The summed E-state index contributed by atoms with van der Waals surface area (Å²) in [6, 6.07) is 0.546. The molecule has 1 saturated carbocycles. The molecule has 1 heterocycles. The minimum Gasteiger partial charge on any atom is -0.374 e. The van der Waals surface area contributed by atoms with Crippen LogP contribution in [0.2, 0.25) is 0 Å². The predicted molar refractivity (Wildman–Crippen MR) is 66.5 cm³/mol. The standard InChI is InChI=1S/C13H24N2O2/c1-9-2-7-12(17-9)8-15-11-5-3-10(4-6-11)13(14)16/h9-12,15H,2-8H2,1H3,(H2,14,16). The van der Waals surface area contributed by atoms with Crippen molar-refractivity contribution in [2.75, 3.05) is 6.54 Å². The molecule has 1 aliphatic carbocycles. The summed E-state index contributed by atoms with van der Waals surface area (Å²) >= 11 is 0. The van der Waals surface area contributed by atoms with E-state index < -0.39 is 0 Å². The molecule has 4 nitrogen and oxygen atoms in total. The maximum atomic E-state index is 11.0. The Kier molecular flexibility index (Phi) is 4.40. The van der Waals surface area contributed by atoms with Gasteiger partial charge >= 0.3 is 0 Å². The van der Waals surface area contributed by atoms with E-state index in [0.717, 1.165) is 32.2 Å². The number of rotatable bonds is 4. The number of amides is 1. The molecule has 0 radical (unpaired) electrons. The van der Waals surface area contributed by atoms with Crippen LogP contribution in [0.3, 0.4) is 0 Å². The summed E-state index contributed by atoms with van der Waals surface area (Å²) in [7, 11) is 0. The molecule has 2 rings (SSSR count). The van der Waals surface area contributed by atoms with Crippen LogP contribution in [0.4, 0.5) is 0 Å². The number of nitrogens with two attached hydrogens (primary N) is 1. The molecule has 1 amide bonds. The van der Waals surface area contributed by atoms with Crippen LogP contribution >= 0.6 is 0 Å². The van der Waals surface area contributed by atoms with Crippen molar-refractivity contribution in [2.45, 2.75) is 63.7 Å². The van der Waals surface area contributed by atoms with Crippen molar-refractivity contribution in [3.8, 4) is 0 Å². The van der Waals surface area contributed by atoms with E-state index in [4.69, 9.17) is 10.5 Å². The number of hydrogen-bond donors (Lipinski definition) is 2. The maximum Gasteiger partial charge on any atom is 0.220 e. The van der Waals surface area contributed by atoms with E-state index in [9.17, 15) is 4.79 Å². The van der Waals surface area contributed by atoms with Gasteiger partial charge in [0, 0.05) is 18.5 Å². The topological polar surface area (TPSA) is 64.3 Å². The Hall–Kier alpha value is -0.610. The van der Waals surface area contributed by atoms with Gasteiger partial charge in [0.25, 0.3) is 0 Å². The highest BCUT2D eigenvalue weighted by Crippen LogP contribution is 2.24. The molecule has 98 valence electrons. The zero-order chi connectivity index (χ0) is 12.3. The lowest BCUT2D eigenvalue weighted by atomic mass is 9.85. The molecular formula is C13H24N2O2. The first-order valence-electron chi connectivity index (χ1n) is 6.83. The number of primary amides is 1. The smallest absolute Gasteiger partial charge is 0.220 e. The van der Waals surface area contributed by atoms with Crippen LogP contribution < -0.4 is 11.1 Å². The molecule has 0 aromatic carbocycles. The molecule has 0 aromatic rings. The SMILES string of the molecule is CC1CCC(CNC2CCC(C(N)=O)CC2)O1. The van der Waals surface area contributed by atoms with E-state index in [1.807, 2.05) is 0 Å². The Balaban J connectivity index is 1.63. The lowest BCUT2D eigenvalue weighted by molar-refractivity contribution is -0.122. The monoisotopic (exact) mass is 240 g/mol. The molecule has 17 heavy (non-hydrogen) atoms. The van der Waals surface area contributed by atoms with Crippen LogP contribution in [0, 0.1) is 5.92 Å². The Bertz CT molecular complexity index is 262.